The molecule has 0 heterocycles. The molecule has 2 aromatic rings. The first-order chi connectivity index (χ1) is 10.1. The average molecular weight is 279 g/mol. The van der Waals surface area contributed by atoms with Crippen molar-refractivity contribution in [2.75, 3.05) is 4.90 Å². The summed E-state index contributed by atoms with van der Waals surface area (Å²) in [5.41, 5.74) is 2.81. The predicted molar refractivity (Wildman–Crippen MR) is 88.6 cm³/mol. The zero-order valence-electron chi connectivity index (χ0n) is 12.6. The molecule has 0 aliphatic rings. The monoisotopic (exact) mass is 279 g/mol. The van der Waals surface area contributed by atoms with E-state index in [2.05, 4.69) is 6.58 Å². The Morgan fingerprint density at radius 3 is 1.81 bits per heavy atom. The number of carbonyl (C=O) groups is 1. The van der Waals surface area contributed by atoms with E-state index in [1.807, 2.05) is 74.5 Å². The van der Waals surface area contributed by atoms with Gasteiger partial charge >= 0.3 is 0 Å². The summed E-state index contributed by atoms with van der Waals surface area (Å²) < 4.78 is 0. The lowest BCUT2D eigenvalue weighted by Crippen LogP contribution is -2.31. The molecule has 0 N–H and O–H groups in total. The van der Waals surface area contributed by atoms with Crippen molar-refractivity contribution in [2.24, 2.45) is 5.92 Å². The summed E-state index contributed by atoms with van der Waals surface area (Å²) in [6.45, 7) is 7.82. The fraction of sp³-hybridized carbons (Fsp3) is 0.211. The largest absolute Gasteiger partial charge is 0.281 e. The number of hydrogen-bond donors (Lipinski definition) is 0. The van der Waals surface area contributed by atoms with E-state index >= 15 is 0 Å². The van der Waals surface area contributed by atoms with Crippen LogP contribution in [0.3, 0.4) is 0 Å². The van der Waals surface area contributed by atoms with Gasteiger partial charge in [0.25, 0.3) is 0 Å². The van der Waals surface area contributed by atoms with Crippen molar-refractivity contribution in [3.05, 3.63) is 72.8 Å². The van der Waals surface area contributed by atoms with Crippen LogP contribution in [0.1, 0.15) is 20.3 Å². The Kier molecular flexibility index (Phi) is 4.94. The maximum atomic E-state index is 12.9. The van der Waals surface area contributed by atoms with Gasteiger partial charge in [0.1, 0.15) is 0 Å². The van der Waals surface area contributed by atoms with E-state index in [9.17, 15) is 4.79 Å². The first-order valence-electron chi connectivity index (χ1n) is 7.18. The van der Waals surface area contributed by atoms with Crippen LogP contribution < -0.4 is 4.90 Å². The number of nitrogens with zero attached hydrogens (tertiary/aromatic N) is 1. The fourth-order valence-corrected chi connectivity index (χ4v) is 2.39. The van der Waals surface area contributed by atoms with Crippen molar-refractivity contribution in [3.8, 4) is 0 Å². The van der Waals surface area contributed by atoms with Crippen LogP contribution in [0.5, 0.6) is 0 Å². The zero-order valence-corrected chi connectivity index (χ0v) is 12.6. The number of allylic oxidation sites excluding steroid dienone is 1. The SMILES string of the molecule is C=C(C)CC(C)C(=O)N(c1ccccc1)c1ccccc1. The average Bonchev–Trinajstić information content (AvgIpc) is 2.49. The topological polar surface area (TPSA) is 20.3 Å². The van der Waals surface area contributed by atoms with Crippen LogP contribution in [0.25, 0.3) is 0 Å². The molecule has 2 nitrogen and oxygen atoms in total. The molecular weight excluding hydrogens is 258 g/mol. The Labute approximate surface area is 126 Å². The molecule has 2 heteroatoms. The molecule has 0 saturated heterocycles. The number of amides is 1. The molecule has 1 atom stereocenters. The molecule has 1 amide bonds. The van der Waals surface area contributed by atoms with E-state index in [0.717, 1.165) is 16.9 Å². The van der Waals surface area contributed by atoms with Gasteiger partial charge < -0.3 is 0 Å². The molecule has 2 rings (SSSR count). The predicted octanol–water partition coefficient (Wildman–Crippen LogP) is 4.95. The summed E-state index contributed by atoms with van der Waals surface area (Å²) in [5.74, 6) is -0.00156. The van der Waals surface area contributed by atoms with Crippen LogP contribution in [0.4, 0.5) is 11.4 Å². The summed E-state index contributed by atoms with van der Waals surface area (Å²) in [7, 11) is 0. The molecule has 0 fully saturated rings. The molecular formula is C19H21NO. The Morgan fingerprint density at radius 2 is 1.43 bits per heavy atom. The molecule has 0 radical (unpaired) electrons. The molecule has 0 aliphatic heterocycles. The van der Waals surface area contributed by atoms with E-state index in [1.54, 1.807) is 4.90 Å². The molecule has 108 valence electrons. The summed E-state index contributed by atoms with van der Waals surface area (Å²) in [6.07, 6.45) is 0.703. The molecule has 0 aromatic heterocycles. The Hall–Kier alpha value is -2.35. The zero-order chi connectivity index (χ0) is 15.2. The van der Waals surface area contributed by atoms with E-state index in [4.69, 9.17) is 0 Å². The minimum atomic E-state index is -0.0945. The van der Waals surface area contributed by atoms with Gasteiger partial charge in [0.15, 0.2) is 0 Å². The van der Waals surface area contributed by atoms with Gasteiger partial charge in [-0.1, -0.05) is 48.9 Å². The number of hydrogen-bond acceptors (Lipinski definition) is 1. The third-order valence-electron chi connectivity index (χ3n) is 3.33. The van der Waals surface area contributed by atoms with Gasteiger partial charge in [-0.05, 0) is 37.6 Å². The van der Waals surface area contributed by atoms with E-state index in [-0.39, 0.29) is 11.8 Å². The number of benzene rings is 2. The van der Waals surface area contributed by atoms with Gasteiger partial charge in [-0.15, -0.1) is 6.58 Å². The summed E-state index contributed by atoms with van der Waals surface area (Å²) in [6, 6.07) is 19.5. The molecule has 0 aliphatic carbocycles. The number of anilines is 2. The summed E-state index contributed by atoms with van der Waals surface area (Å²) in [5, 5.41) is 0. The molecule has 0 spiro atoms. The number of rotatable bonds is 5. The van der Waals surface area contributed by atoms with Crippen LogP contribution >= 0.6 is 0 Å². The number of para-hydroxylation sites is 2. The van der Waals surface area contributed by atoms with Crippen LogP contribution in [0.15, 0.2) is 72.8 Å². The lowest BCUT2D eigenvalue weighted by molar-refractivity contribution is -0.121. The Balaban J connectivity index is 2.37. The molecule has 0 saturated carbocycles. The van der Waals surface area contributed by atoms with E-state index in [1.165, 1.54) is 0 Å². The highest BCUT2D eigenvalue weighted by molar-refractivity contribution is 6.01. The van der Waals surface area contributed by atoms with Gasteiger partial charge in [0, 0.05) is 17.3 Å². The fourth-order valence-electron chi connectivity index (χ4n) is 2.39. The van der Waals surface area contributed by atoms with Crippen molar-refractivity contribution in [1.29, 1.82) is 0 Å². The van der Waals surface area contributed by atoms with Crippen molar-refractivity contribution in [3.63, 3.8) is 0 Å². The van der Waals surface area contributed by atoms with Crippen molar-refractivity contribution >= 4 is 17.3 Å². The molecule has 2 aromatic carbocycles. The van der Waals surface area contributed by atoms with Gasteiger partial charge in [-0.3, -0.25) is 9.69 Å². The quantitative estimate of drug-likeness (QED) is 0.709. The standard InChI is InChI=1S/C19H21NO/c1-15(2)14-16(3)19(21)20(17-10-6-4-7-11-17)18-12-8-5-9-13-18/h4-13,16H,1,14H2,2-3H3. The van der Waals surface area contributed by atoms with Crippen molar-refractivity contribution in [2.45, 2.75) is 20.3 Å². The molecule has 1 unspecified atom stereocenters. The van der Waals surface area contributed by atoms with Crippen LogP contribution in [-0.4, -0.2) is 5.91 Å². The first kappa shape index (κ1) is 15.0. The second-order valence-corrected chi connectivity index (χ2v) is 5.41. The van der Waals surface area contributed by atoms with Gasteiger partial charge in [0.2, 0.25) is 5.91 Å². The van der Waals surface area contributed by atoms with Crippen molar-refractivity contribution < 1.29 is 4.79 Å². The van der Waals surface area contributed by atoms with E-state index < -0.39 is 0 Å². The van der Waals surface area contributed by atoms with Crippen LogP contribution in [-0.2, 0) is 4.79 Å². The minimum absolute atomic E-state index is 0.0930. The summed E-state index contributed by atoms with van der Waals surface area (Å²) in [4.78, 5) is 14.6. The third kappa shape index (κ3) is 3.82. The van der Waals surface area contributed by atoms with Gasteiger partial charge in [-0.25, -0.2) is 0 Å². The maximum absolute atomic E-state index is 12.9. The lowest BCUT2D eigenvalue weighted by atomic mass is 10.0. The Bertz CT molecular complexity index is 564. The van der Waals surface area contributed by atoms with Gasteiger partial charge in [-0.2, -0.15) is 0 Å². The molecule has 0 bridgehead atoms. The smallest absolute Gasteiger partial charge is 0.234 e. The second kappa shape index (κ2) is 6.89. The van der Waals surface area contributed by atoms with Crippen molar-refractivity contribution in [1.82, 2.24) is 0 Å². The second-order valence-electron chi connectivity index (χ2n) is 5.41. The number of carbonyl (C=O) groups excluding carboxylic acids is 1. The van der Waals surface area contributed by atoms with Crippen LogP contribution in [0.2, 0.25) is 0 Å². The molecule has 21 heavy (non-hydrogen) atoms. The maximum Gasteiger partial charge on any atom is 0.234 e. The normalized spacial score (nSPS) is 11.7. The van der Waals surface area contributed by atoms with Crippen LogP contribution in [0, 0.1) is 5.92 Å². The Morgan fingerprint density at radius 1 is 1.00 bits per heavy atom. The first-order valence-corrected chi connectivity index (χ1v) is 7.18. The highest BCUT2D eigenvalue weighted by atomic mass is 16.2. The summed E-state index contributed by atoms with van der Waals surface area (Å²) >= 11 is 0. The highest BCUT2D eigenvalue weighted by Gasteiger charge is 2.23. The highest BCUT2D eigenvalue weighted by Crippen LogP contribution is 2.28. The van der Waals surface area contributed by atoms with E-state index in [0.29, 0.717) is 6.42 Å². The minimum Gasteiger partial charge on any atom is -0.281 e. The lowest BCUT2D eigenvalue weighted by Gasteiger charge is -2.26. The third-order valence-corrected chi connectivity index (χ3v) is 3.33. The van der Waals surface area contributed by atoms with Gasteiger partial charge in [0.05, 0.1) is 0 Å².